The van der Waals surface area contributed by atoms with Crippen molar-refractivity contribution >= 4 is 34.8 Å². The molecule has 8 heteroatoms. The molecule has 2 rings (SSSR count). The van der Waals surface area contributed by atoms with E-state index in [9.17, 15) is 14.4 Å². The summed E-state index contributed by atoms with van der Waals surface area (Å²) in [6.45, 7) is 4.89. The number of aromatic nitrogens is 1. The van der Waals surface area contributed by atoms with E-state index in [0.29, 0.717) is 16.3 Å². The van der Waals surface area contributed by atoms with Gasteiger partial charge in [-0.3, -0.25) is 9.59 Å². The lowest BCUT2D eigenvalue weighted by Gasteiger charge is -2.16. The second kappa shape index (κ2) is 8.57. The molecule has 26 heavy (non-hydrogen) atoms. The van der Waals surface area contributed by atoms with Crippen LogP contribution in [0.4, 0.5) is 5.69 Å². The third kappa shape index (κ3) is 5.38. The minimum Gasteiger partial charge on any atom is -0.451 e. The molecule has 138 valence electrons. The molecule has 0 saturated heterocycles. The summed E-state index contributed by atoms with van der Waals surface area (Å²) in [7, 11) is 1.48. The molecule has 0 atom stereocenters. The molecule has 0 aliphatic heterocycles. The number of ether oxygens (including phenoxy) is 1. The molecule has 1 heterocycles. The quantitative estimate of drug-likeness (QED) is 0.783. The lowest BCUT2D eigenvalue weighted by molar-refractivity contribution is -0.136. The molecule has 0 bridgehead atoms. The summed E-state index contributed by atoms with van der Waals surface area (Å²) in [5, 5.41) is 3.46. The van der Waals surface area contributed by atoms with Crippen molar-refractivity contribution in [1.82, 2.24) is 9.88 Å². The summed E-state index contributed by atoms with van der Waals surface area (Å²) in [5.41, 5.74) is 2.32. The summed E-state index contributed by atoms with van der Waals surface area (Å²) in [5.74, 6) is -1.37. The highest BCUT2D eigenvalue weighted by atomic mass is 32.1. The van der Waals surface area contributed by atoms with Gasteiger partial charge >= 0.3 is 5.97 Å². The smallest absolute Gasteiger partial charge is 0.350 e. The highest BCUT2D eigenvalue weighted by Crippen LogP contribution is 2.18. The van der Waals surface area contributed by atoms with Crippen LogP contribution in [-0.2, 0) is 14.3 Å². The molecule has 0 spiro atoms. The Morgan fingerprint density at radius 2 is 1.81 bits per heavy atom. The van der Waals surface area contributed by atoms with Crippen molar-refractivity contribution in [3.63, 3.8) is 0 Å². The Kier molecular flexibility index (Phi) is 6.46. The number of carbonyl (C=O) groups is 3. The Hall–Kier alpha value is -2.74. The van der Waals surface area contributed by atoms with E-state index in [-0.39, 0.29) is 12.5 Å². The maximum atomic E-state index is 12.1. The molecule has 0 saturated carbocycles. The molecule has 2 amide bonds. The van der Waals surface area contributed by atoms with Crippen LogP contribution in [0.5, 0.6) is 0 Å². The molecule has 1 aromatic carbocycles. The molecule has 0 radical (unpaired) electrons. The number of benzene rings is 1. The zero-order chi connectivity index (χ0) is 19.3. The van der Waals surface area contributed by atoms with Crippen molar-refractivity contribution in [2.75, 3.05) is 25.5 Å². The van der Waals surface area contributed by atoms with Crippen molar-refractivity contribution in [1.29, 1.82) is 0 Å². The first-order chi connectivity index (χ1) is 12.3. The average molecular weight is 375 g/mol. The second-order valence-electron chi connectivity index (χ2n) is 5.89. The van der Waals surface area contributed by atoms with Crippen LogP contribution in [0.1, 0.15) is 25.9 Å². The van der Waals surface area contributed by atoms with E-state index in [1.54, 1.807) is 26.0 Å². The summed E-state index contributed by atoms with van der Waals surface area (Å²) >= 11 is 1.22. The van der Waals surface area contributed by atoms with Crippen LogP contribution in [0, 0.1) is 20.8 Å². The minimum absolute atomic E-state index is 0.136. The Morgan fingerprint density at radius 1 is 1.15 bits per heavy atom. The predicted molar refractivity (Wildman–Crippen MR) is 99.3 cm³/mol. The zero-order valence-corrected chi connectivity index (χ0v) is 16.0. The van der Waals surface area contributed by atoms with Crippen molar-refractivity contribution in [3.8, 4) is 0 Å². The van der Waals surface area contributed by atoms with Crippen LogP contribution in [-0.4, -0.2) is 47.9 Å². The fourth-order valence-electron chi connectivity index (χ4n) is 2.16. The van der Waals surface area contributed by atoms with Gasteiger partial charge in [-0.2, -0.15) is 0 Å². The highest BCUT2D eigenvalue weighted by molar-refractivity contribution is 7.13. The fraction of sp³-hybridized carbons (Fsp3) is 0.333. The molecule has 0 unspecified atom stereocenters. The molecular formula is C18H21N3O4S. The number of rotatable bonds is 6. The van der Waals surface area contributed by atoms with Crippen LogP contribution >= 0.6 is 11.3 Å². The van der Waals surface area contributed by atoms with Crippen LogP contribution < -0.4 is 5.32 Å². The average Bonchev–Trinajstić information content (AvgIpc) is 2.92. The van der Waals surface area contributed by atoms with Gasteiger partial charge in [-0.1, -0.05) is 17.7 Å². The van der Waals surface area contributed by atoms with Crippen LogP contribution in [0.15, 0.2) is 24.3 Å². The lowest BCUT2D eigenvalue weighted by Crippen LogP contribution is -2.37. The molecule has 1 aromatic heterocycles. The number of nitrogens with one attached hydrogen (secondary N) is 1. The van der Waals surface area contributed by atoms with Gasteiger partial charge in [0.2, 0.25) is 5.91 Å². The van der Waals surface area contributed by atoms with Crippen LogP contribution in [0.25, 0.3) is 0 Å². The number of likely N-dealkylation sites (N-methyl/N-ethyl adjacent to an activating group) is 1. The zero-order valence-electron chi connectivity index (χ0n) is 15.2. The third-order valence-electron chi connectivity index (χ3n) is 3.56. The molecule has 0 aliphatic carbocycles. The standard InChI is InChI=1S/C18H21N3O4S/c1-11-5-7-14(8-6-11)20-15(22)9-21(4)16(23)10-25-18(24)17-12(2)19-13(3)26-17/h5-8H,9-10H2,1-4H3,(H,20,22). The Bertz CT molecular complexity index is 814. The van der Waals surface area contributed by atoms with Gasteiger partial charge in [0.05, 0.1) is 17.2 Å². The normalized spacial score (nSPS) is 10.3. The second-order valence-corrected chi connectivity index (χ2v) is 7.09. The number of esters is 1. The van der Waals surface area contributed by atoms with E-state index >= 15 is 0 Å². The number of carbonyl (C=O) groups excluding carboxylic acids is 3. The number of hydrogen-bond donors (Lipinski definition) is 1. The van der Waals surface area contributed by atoms with Crippen LogP contribution in [0.2, 0.25) is 0 Å². The first-order valence-electron chi connectivity index (χ1n) is 7.98. The Balaban J connectivity index is 1.81. The number of amides is 2. The van der Waals surface area contributed by atoms with Crippen molar-refractivity contribution in [3.05, 3.63) is 45.4 Å². The third-order valence-corrected chi connectivity index (χ3v) is 4.61. The van der Waals surface area contributed by atoms with Crippen molar-refractivity contribution in [2.45, 2.75) is 20.8 Å². The maximum Gasteiger partial charge on any atom is 0.350 e. The summed E-state index contributed by atoms with van der Waals surface area (Å²) in [6.07, 6.45) is 0. The van der Waals surface area contributed by atoms with Gasteiger partial charge in [-0.05, 0) is 32.9 Å². The number of hydrogen-bond acceptors (Lipinski definition) is 6. The number of thiazole rings is 1. The van der Waals surface area contributed by atoms with E-state index in [4.69, 9.17) is 4.74 Å². The van der Waals surface area contributed by atoms with Gasteiger partial charge in [0.15, 0.2) is 6.61 Å². The molecule has 0 aliphatic rings. The minimum atomic E-state index is -0.584. The van der Waals surface area contributed by atoms with Gasteiger partial charge in [0, 0.05) is 12.7 Å². The summed E-state index contributed by atoms with van der Waals surface area (Å²) in [4.78, 5) is 41.8. The lowest BCUT2D eigenvalue weighted by atomic mass is 10.2. The van der Waals surface area contributed by atoms with E-state index in [1.165, 1.54) is 23.3 Å². The van der Waals surface area contributed by atoms with Crippen molar-refractivity contribution < 1.29 is 19.1 Å². The molecular weight excluding hydrogens is 354 g/mol. The van der Waals surface area contributed by atoms with E-state index < -0.39 is 18.5 Å². The Morgan fingerprint density at radius 3 is 2.38 bits per heavy atom. The summed E-state index contributed by atoms with van der Waals surface area (Å²) < 4.78 is 5.03. The van der Waals surface area contributed by atoms with Gasteiger partial charge < -0.3 is 15.0 Å². The maximum absolute atomic E-state index is 12.1. The first-order valence-corrected chi connectivity index (χ1v) is 8.79. The summed E-state index contributed by atoms with van der Waals surface area (Å²) in [6, 6.07) is 7.34. The first kappa shape index (κ1) is 19.6. The van der Waals surface area contributed by atoms with E-state index in [2.05, 4.69) is 10.3 Å². The fourth-order valence-corrected chi connectivity index (χ4v) is 2.98. The highest BCUT2D eigenvalue weighted by Gasteiger charge is 2.19. The number of anilines is 1. The van der Waals surface area contributed by atoms with Gasteiger partial charge in [-0.25, -0.2) is 9.78 Å². The molecule has 7 nitrogen and oxygen atoms in total. The van der Waals surface area contributed by atoms with Crippen LogP contribution in [0.3, 0.4) is 0 Å². The predicted octanol–water partition coefficient (Wildman–Crippen LogP) is 2.32. The van der Waals surface area contributed by atoms with E-state index in [0.717, 1.165) is 10.6 Å². The van der Waals surface area contributed by atoms with Gasteiger partial charge in [0.25, 0.3) is 5.91 Å². The Labute approximate surface area is 156 Å². The number of nitrogens with zero attached hydrogens (tertiary/aromatic N) is 2. The van der Waals surface area contributed by atoms with Gasteiger partial charge in [0.1, 0.15) is 4.88 Å². The topological polar surface area (TPSA) is 88.6 Å². The molecule has 2 aromatic rings. The van der Waals surface area contributed by atoms with E-state index in [1.807, 2.05) is 19.1 Å². The van der Waals surface area contributed by atoms with Crippen molar-refractivity contribution in [2.24, 2.45) is 0 Å². The number of aryl methyl sites for hydroxylation is 3. The monoisotopic (exact) mass is 375 g/mol. The largest absolute Gasteiger partial charge is 0.451 e. The SMILES string of the molecule is Cc1ccc(NC(=O)CN(C)C(=O)COC(=O)c2sc(C)nc2C)cc1. The molecule has 1 N–H and O–H groups in total. The van der Waals surface area contributed by atoms with Gasteiger partial charge in [-0.15, -0.1) is 11.3 Å². The molecule has 0 fully saturated rings.